The number of aromatic carboxylic acids is 2. The third-order valence-corrected chi connectivity index (χ3v) is 3.46. The van der Waals surface area contributed by atoms with Crippen LogP contribution in [0.5, 0.6) is 0 Å². The Morgan fingerprint density at radius 1 is 1.11 bits per heavy atom. The zero-order chi connectivity index (χ0) is 21.5. The SMILES string of the molecule is COC(=O)[C@H](CCCc1cc(C(=O)O)nc(C(=O)O)c1)NC(=O)OC(C)(C)C. The van der Waals surface area contributed by atoms with Gasteiger partial charge in [0.15, 0.2) is 0 Å². The first-order valence-electron chi connectivity index (χ1n) is 8.48. The van der Waals surface area contributed by atoms with Gasteiger partial charge in [-0.3, -0.25) is 0 Å². The van der Waals surface area contributed by atoms with E-state index < -0.39 is 35.6 Å². The highest BCUT2D eigenvalue weighted by atomic mass is 16.6. The molecule has 0 aliphatic heterocycles. The van der Waals surface area contributed by atoms with Crippen LogP contribution in [0.15, 0.2) is 12.1 Å². The highest BCUT2D eigenvalue weighted by molar-refractivity contribution is 5.90. The third-order valence-electron chi connectivity index (χ3n) is 3.46. The van der Waals surface area contributed by atoms with E-state index in [-0.39, 0.29) is 24.2 Å². The number of methoxy groups -OCH3 is 1. The lowest BCUT2D eigenvalue weighted by Crippen LogP contribution is -2.44. The average Bonchev–Trinajstić information content (AvgIpc) is 2.58. The number of nitrogens with zero attached hydrogens (tertiary/aromatic N) is 1. The standard InChI is InChI=1S/C18H24N2O8/c1-18(2,3)28-17(26)20-11(16(25)27-4)7-5-6-10-8-12(14(21)22)19-13(9-10)15(23)24/h8-9,11H,5-7H2,1-4H3,(H,20,26)(H,21,22)(H,23,24)/t11-/m0/s1. The van der Waals surface area contributed by atoms with E-state index in [2.05, 4.69) is 15.0 Å². The van der Waals surface area contributed by atoms with Crippen molar-refractivity contribution in [3.05, 3.63) is 29.1 Å². The van der Waals surface area contributed by atoms with E-state index in [1.165, 1.54) is 19.2 Å². The van der Waals surface area contributed by atoms with Crippen LogP contribution in [0.25, 0.3) is 0 Å². The quantitative estimate of drug-likeness (QED) is 0.559. The first-order valence-corrected chi connectivity index (χ1v) is 8.48. The molecule has 0 aromatic carbocycles. The normalized spacial score (nSPS) is 12.0. The number of carbonyl (C=O) groups excluding carboxylic acids is 2. The van der Waals surface area contributed by atoms with Crippen LogP contribution in [0.4, 0.5) is 4.79 Å². The molecule has 1 atom stereocenters. The van der Waals surface area contributed by atoms with Gasteiger partial charge in [0.05, 0.1) is 7.11 Å². The van der Waals surface area contributed by atoms with Crippen molar-refractivity contribution in [3.8, 4) is 0 Å². The number of hydrogen-bond donors (Lipinski definition) is 3. The number of nitrogens with one attached hydrogen (secondary N) is 1. The van der Waals surface area contributed by atoms with Crippen molar-refractivity contribution in [3.63, 3.8) is 0 Å². The van der Waals surface area contributed by atoms with Crippen LogP contribution in [0.2, 0.25) is 0 Å². The van der Waals surface area contributed by atoms with E-state index in [1.807, 2.05) is 0 Å². The Kier molecular flexibility index (Phi) is 7.90. The summed E-state index contributed by atoms with van der Waals surface area (Å²) in [6, 6.07) is 1.58. The summed E-state index contributed by atoms with van der Waals surface area (Å²) in [4.78, 5) is 49.5. The number of alkyl carbamates (subject to hydrolysis) is 1. The molecule has 0 saturated carbocycles. The van der Waals surface area contributed by atoms with Crippen molar-refractivity contribution in [2.75, 3.05) is 7.11 Å². The molecule has 1 aromatic rings. The van der Waals surface area contributed by atoms with E-state index >= 15 is 0 Å². The van der Waals surface area contributed by atoms with Crippen LogP contribution >= 0.6 is 0 Å². The Labute approximate surface area is 161 Å². The van der Waals surface area contributed by atoms with Crippen LogP contribution in [-0.2, 0) is 20.7 Å². The number of aryl methyl sites for hydroxylation is 1. The first-order chi connectivity index (χ1) is 12.9. The number of ether oxygens (including phenoxy) is 2. The fourth-order valence-corrected chi connectivity index (χ4v) is 2.30. The molecule has 28 heavy (non-hydrogen) atoms. The van der Waals surface area contributed by atoms with Gasteiger partial charge in [-0.15, -0.1) is 0 Å². The van der Waals surface area contributed by atoms with Crippen LogP contribution in [0.3, 0.4) is 0 Å². The number of carbonyl (C=O) groups is 4. The lowest BCUT2D eigenvalue weighted by Gasteiger charge is -2.22. The molecule has 3 N–H and O–H groups in total. The number of aromatic nitrogens is 1. The topological polar surface area (TPSA) is 152 Å². The number of hydrogen-bond acceptors (Lipinski definition) is 7. The van der Waals surface area contributed by atoms with Crippen molar-refractivity contribution in [2.24, 2.45) is 0 Å². The molecule has 0 bridgehead atoms. The first kappa shape index (κ1) is 22.9. The van der Waals surface area contributed by atoms with Gasteiger partial charge < -0.3 is 25.0 Å². The maximum atomic E-state index is 11.9. The monoisotopic (exact) mass is 396 g/mol. The molecule has 10 nitrogen and oxygen atoms in total. The second-order valence-electron chi connectivity index (χ2n) is 6.97. The van der Waals surface area contributed by atoms with Gasteiger partial charge in [-0.25, -0.2) is 24.2 Å². The number of carboxylic acid groups (broad SMARTS) is 2. The molecular weight excluding hydrogens is 372 g/mol. The lowest BCUT2D eigenvalue weighted by molar-refractivity contribution is -0.143. The number of carboxylic acids is 2. The molecule has 10 heteroatoms. The Hall–Kier alpha value is -3.17. The van der Waals surface area contributed by atoms with Crippen LogP contribution < -0.4 is 5.32 Å². The van der Waals surface area contributed by atoms with Gasteiger partial charge in [0.2, 0.25) is 0 Å². The molecule has 1 rings (SSSR count). The van der Waals surface area contributed by atoms with Crippen molar-refractivity contribution in [2.45, 2.75) is 51.7 Å². The van der Waals surface area contributed by atoms with E-state index in [1.54, 1.807) is 20.8 Å². The van der Waals surface area contributed by atoms with Crippen molar-refractivity contribution < 1.29 is 38.9 Å². The summed E-state index contributed by atoms with van der Waals surface area (Å²) in [6.07, 6.45) is 0.0247. The fraction of sp³-hybridized carbons (Fsp3) is 0.500. The van der Waals surface area contributed by atoms with Crippen molar-refractivity contribution in [1.29, 1.82) is 0 Å². The molecule has 0 spiro atoms. The van der Waals surface area contributed by atoms with Gasteiger partial charge >= 0.3 is 24.0 Å². The average molecular weight is 396 g/mol. The largest absolute Gasteiger partial charge is 0.477 e. The molecule has 1 heterocycles. The summed E-state index contributed by atoms with van der Waals surface area (Å²) in [5.41, 5.74) is -1.06. The minimum atomic E-state index is -1.34. The second-order valence-corrected chi connectivity index (χ2v) is 6.97. The third kappa shape index (κ3) is 7.60. The Balaban J connectivity index is 2.81. The number of pyridine rings is 1. The van der Waals surface area contributed by atoms with E-state index in [9.17, 15) is 19.2 Å². The van der Waals surface area contributed by atoms with Gasteiger partial charge in [-0.05, 0) is 57.7 Å². The van der Waals surface area contributed by atoms with Gasteiger partial charge in [-0.1, -0.05) is 0 Å². The molecule has 0 unspecified atom stereocenters. The molecule has 1 aromatic heterocycles. The van der Waals surface area contributed by atoms with E-state index in [4.69, 9.17) is 14.9 Å². The fourth-order valence-electron chi connectivity index (χ4n) is 2.30. The number of rotatable bonds is 8. The highest BCUT2D eigenvalue weighted by Gasteiger charge is 2.24. The smallest absolute Gasteiger partial charge is 0.408 e. The van der Waals surface area contributed by atoms with Crippen LogP contribution in [0, 0.1) is 0 Å². The molecule has 0 fully saturated rings. The maximum Gasteiger partial charge on any atom is 0.408 e. The van der Waals surface area contributed by atoms with Gasteiger partial charge in [-0.2, -0.15) is 0 Å². The summed E-state index contributed by atoms with van der Waals surface area (Å²) in [6.45, 7) is 5.05. The maximum absolute atomic E-state index is 11.9. The van der Waals surface area contributed by atoms with E-state index in [0.29, 0.717) is 12.0 Å². The molecule has 0 aliphatic carbocycles. The molecule has 0 aliphatic rings. The molecular formula is C18H24N2O8. The van der Waals surface area contributed by atoms with Crippen LogP contribution in [0.1, 0.15) is 60.2 Å². The second kappa shape index (κ2) is 9.67. The van der Waals surface area contributed by atoms with Gasteiger partial charge in [0.25, 0.3) is 0 Å². The predicted octanol–water partition coefficient (Wildman–Crippen LogP) is 1.87. The Morgan fingerprint density at radius 2 is 1.64 bits per heavy atom. The zero-order valence-corrected chi connectivity index (χ0v) is 16.1. The van der Waals surface area contributed by atoms with Crippen molar-refractivity contribution in [1.82, 2.24) is 10.3 Å². The highest BCUT2D eigenvalue weighted by Crippen LogP contribution is 2.13. The Morgan fingerprint density at radius 3 is 2.07 bits per heavy atom. The molecule has 0 saturated heterocycles. The minimum absolute atomic E-state index is 0.180. The van der Waals surface area contributed by atoms with Gasteiger partial charge in [0.1, 0.15) is 23.0 Å². The molecule has 0 radical (unpaired) electrons. The summed E-state index contributed by atoms with van der Waals surface area (Å²) in [7, 11) is 1.19. The molecule has 154 valence electrons. The lowest BCUT2D eigenvalue weighted by atomic mass is 10.0. The summed E-state index contributed by atoms with van der Waals surface area (Å²) in [5, 5.41) is 20.5. The minimum Gasteiger partial charge on any atom is -0.477 e. The number of esters is 1. The zero-order valence-electron chi connectivity index (χ0n) is 16.1. The molecule has 1 amide bonds. The Bertz CT molecular complexity index is 722. The predicted molar refractivity (Wildman–Crippen MR) is 96.3 cm³/mol. The van der Waals surface area contributed by atoms with Crippen LogP contribution in [-0.4, -0.2) is 58.0 Å². The van der Waals surface area contributed by atoms with Crippen molar-refractivity contribution >= 4 is 24.0 Å². The summed E-state index contributed by atoms with van der Waals surface area (Å²) >= 11 is 0. The van der Waals surface area contributed by atoms with E-state index in [0.717, 1.165) is 0 Å². The van der Waals surface area contributed by atoms with Gasteiger partial charge in [0, 0.05) is 0 Å². The summed E-state index contributed by atoms with van der Waals surface area (Å²) in [5.74, 6) is -3.34. The number of amides is 1. The summed E-state index contributed by atoms with van der Waals surface area (Å²) < 4.78 is 9.79.